The maximum absolute atomic E-state index is 11.7. The number of oxime groups is 1. The van der Waals surface area contributed by atoms with Gasteiger partial charge in [-0.3, -0.25) is 4.79 Å². The van der Waals surface area contributed by atoms with Crippen LogP contribution in [-0.4, -0.2) is 23.3 Å². The second kappa shape index (κ2) is 13.1. The van der Waals surface area contributed by atoms with Crippen LogP contribution in [0.15, 0.2) is 65.8 Å². The lowest BCUT2D eigenvalue weighted by Gasteiger charge is -2.29. The summed E-state index contributed by atoms with van der Waals surface area (Å²) in [5, 5.41) is 5.52. The van der Waals surface area contributed by atoms with Crippen LogP contribution in [-0.2, 0) is 21.0 Å². The van der Waals surface area contributed by atoms with Crippen molar-refractivity contribution in [2.45, 2.75) is 71.5 Å². The van der Waals surface area contributed by atoms with E-state index in [1.165, 1.54) is 19.3 Å². The van der Waals surface area contributed by atoms with Crippen molar-refractivity contribution in [3.63, 3.8) is 0 Å². The van der Waals surface area contributed by atoms with Crippen LogP contribution in [0.25, 0.3) is 10.9 Å². The molecule has 1 unspecified atom stereocenters. The minimum absolute atomic E-state index is 0.112. The molecule has 6 heteroatoms. The first kappa shape index (κ1) is 25.7. The molecular formula is C30H36N2O4. The van der Waals surface area contributed by atoms with Gasteiger partial charge in [-0.2, -0.15) is 0 Å². The molecule has 0 amide bonds. The Morgan fingerprint density at radius 1 is 1.00 bits per heavy atom. The zero-order valence-corrected chi connectivity index (χ0v) is 21.3. The van der Waals surface area contributed by atoms with Gasteiger partial charge in [-0.1, -0.05) is 60.8 Å². The largest absolute Gasteiger partial charge is 0.487 e. The van der Waals surface area contributed by atoms with Crippen LogP contribution in [0.2, 0.25) is 0 Å². The Balaban J connectivity index is 1.39. The van der Waals surface area contributed by atoms with Gasteiger partial charge >= 0.3 is 5.97 Å². The van der Waals surface area contributed by atoms with Crippen molar-refractivity contribution in [1.82, 2.24) is 4.98 Å². The number of hydrogen-bond donors (Lipinski definition) is 0. The summed E-state index contributed by atoms with van der Waals surface area (Å²) < 4.78 is 11.0. The summed E-state index contributed by atoms with van der Waals surface area (Å²) >= 11 is 0. The van der Waals surface area contributed by atoms with E-state index < -0.39 is 0 Å². The zero-order chi connectivity index (χ0) is 25.2. The van der Waals surface area contributed by atoms with E-state index in [2.05, 4.69) is 34.4 Å². The van der Waals surface area contributed by atoms with Crippen LogP contribution >= 0.6 is 0 Å². The number of benzene rings is 2. The van der Waals surface area contributed by atoms with Gasteiger partial charge in [0, 0.05) is 11.3 Å². The monoisotopic (exact) mass is 488 g/mol. The molecular weight excluding hydrogens is 452 g/mol. The minimum atomic E-state index is -0.203. The first-order chi connectivity index (χ1) is 17.6. The third kappa shape index (κ3) is 7.30. The number of fused-ring (bicyclic) bond motifs is 1. The topological polar surface area (TPSA) is 70.0 Å². The Morgan fingerprint density at radius 3 is 2.56 bits per heavy atom. The Labute approximate surface area is 213 Å². The molecule has 1 heterocycles. The summed E-state index contributed by atoms with van der Waals surface area (Å²) in [5.74, 6) is 1.02. The smallest absolute Gasteiger partial charge is 0.306 e. The molecule has 1 atom stereocenters. The molecule has 1 aliphatic carbocycles. The molecule has 1 aliphatic rings. The molecule has 6 nitrogen and oxygen atoms in total. The highest BCUT2D eigenvalue weighted by Crippen LogP contribution is 2.37. The molecule has 0 aliphatic heterocycles. The third-order valence-electron chi connectivity index (χ3n) is 6.65. The summed E-state index contributed by atoms with van der Waals surface area (Å²) in [4.78, 5) is 22.5. The Bertz CT molecular complexity index is 1150. The van der Waals surface area contributed by atoms with E-state index in [9.17, 15) is 4.79 Å². The van der Waals surface area contributed by atoms with Crippen LogP contribution in [0.3, 0.4) is 0 Å². The number of ether oxygens (including phenoxy) is 2. The van der Waals surface area contributed by atoms with Crippen LogP contribution in [0, 0.1) is 5.92 Å². The van der Waals surface area contributed by atoms with Gasteiger partial charge < -0.3 is 14.3 Å². The predicted molar refractivity (Wildman–Crippen MR) is 142 cm³/mol. The van der Waals surface area contributed by atoms with E-state index in [0.717, 1.165) is 46.5 Å². The van der Waals surface area contributed by atoms with Gasteiger partial charge in [-0.05, 0) is 62.9 Å². The van der Waals surface area contributed by atoms with Crippen LogP contribution in [0.4, 0.5) is 0 Å². The van der Waals surface area contributed by atoms with Crippen LogP contribution in [0.5, 0.6) is 5.75 Å². The normalized spacial score (nSPS) is 15.4. The minimum Gasteiger partial charge on any atom is -0.487 e. The quantitative estimate of drug-likeness (QED) is 0.163. The maximum Gasteiger partial charge on any atom is 0.306 e. The average Bonchev–Trinajstić information content (AvgIpc) is 2.92. The fourth-order valence-electron chi connectivity index (χ4n) is 4.66. The summed E-state index contributed by atoms with van der Waals surface area (Å²) in [6.45, 7) is 4.52. The van der Waals surface area contributed by atoms with Gasteiger partial charge in [0.25, 0.3) is 0 Å². The molecule has 0 N–H and O–H groups in total. The Morgan fingerprint density at radius 2 is 1.78 bits per heavy atom. The molecule has 0 radical (unpaired) electrons. The van der Waals surface area contributed by atoms with E-state index in [0.29, 0.717) is 32.0 Å². The van der Waals surface area contributed by atoms with E-state index >= 15 is 0 Å². The lowest BCUT2D eigenvalue weighted by atomic mass is 9.83. The highest BCUT2D eigenvalue weighted by molar-refractivity contribution is 5.85. The van der Waals surface area contributed by atoms with Gasteiger partial charge in [0.1, 0.15) is 12.4 Å². The fourth-order valence-corrected chi connectivity index (χ4v) is 4.66. The van der Waals surface area contributed by atoms with Gasteiger partial charge in [-0.15, -0.1) is 0 Å². The lowest BCUT2D eigenvalue weighted by molar-refractivity contribution is -0.142. The molecule has 3 aromatic rings. The van der Waals surface area contributed by atoms with Crippen molar-refractivity contribution in [2.75, 3.05) is 6.61 Å². The van der Waals surface area contributed by atoms with Crippen molar-refractivity contribution < 1.29 is 19.1 Å². The van der Waals surface area contributed by atoms with Gasteiger partial charge in [0.15, 0.2) is 6.10 Å². The fraction of sp³-hybridized carbons (Fsp3) is 0.433. The van der Waals surface area contributed by atoms with Crippen molar-refractivity contribution in [3.05, 3.63) is 71.9 Å². The summed E-state index contributed by atoms with van der Waals surface area (Å²) in [6, 6.07) is 20.3. The number of esters is 1. The number of aromatic nitrogens is 1. The number of nitrogens with zero attached hydrogens (tertiary/aromatic N) is 2. The molecule has 0 spiro atoms. The molecule has 1 aromatic heterocycles. The Kier molecular flexibility index (Phi) is 9.31. The van der Waals surface area contributed by atoms with Crippen molar-refractivity contribution in [3.8, 4) is 5.75 Å². The maximum atomic E-state index is 11.7. The molecule has 0 saturated heterocycles. The number of rotatable bonds is 11. The van der Waals surface area contributed by atoms with Gasteiger partial charge in [-0.25, -0.2) is 4.98 Å². The number of carbonyl (C=O) groups excluding carboxylic acids is 1. The second-order valence-electron chi connectivity index (χ2n) is 9.41. The van der Waals surface area contributed by atoms with Gasteiger partial charge in [0.2, 0.25) is 0 Å². The van der Waals surface area contributed by atoms with Crippen molar-refractivity contribution in [2.24, 2.45) is 11.1 Å². The van der Waals surface area contributed by atoms with Crippen LogP contribution < -0.4 is 4.74 Å². The van der Waals surface area contributed by atoms with Gasteiger partial charge in [0.05, 0.1) is 30.0 Å². The van der Waals surface area contributed by atoms with Crippen molar-refractivity contribution >= 4 is 22.6 Å². The number of pyridine rings is 1. The van der Waals surface area contributed by atoms with E-state index in [-0.39, 0.29) is 12.1 Å². The molecule has 4 rings (SSSR count). The first-order valence-electron chi connectivity index (χ1n) is 13.0. The SMILES string of the molecule is CCOC(=O)CC/C(C)=N/OC(c1ccc(OCc2ccc3ccccc3n2)cc1)C1CCCCC1. The highest BCUT2D eigenvalue weighted by Gasteiger charge is 2.27. The highest BCUT2D eigenvalue weighted by atomic mass is 16.6. The van der Waals surface area contributed by atoms with E-state index in [4.69, 9.17) is 14.3 Å². The Hall–Kier alpha value is -3.41. The van der Waals surface area contributed by atoms with E-state index in [1.54, 1.807) is 0 Å². The number of carbonyl (C=O) groups is 1. The molecule has 36 heavy (non-hydrogen) atoms. The molecule has 190 valence electrons. The second-order valence-corrected chi connectivity index (χ2v) is 9.41. The predicted octanol–water partition coefficient (Wildman–Crippen LogP) is 7.17. The van der Waals surface area contributed by atoms with Crippen LogP contribution in [0.1, 0.15) is 76.2 Å². The molecule has 2 aromatic carbocycles. The van der Waals surface area contributed by atoms with E-state index in [1.807, 2.05) is 50.2 Å². The van der Waals surface area contributed by atoms with Crippen molar-refractivity contribution in [1.29, 1.82) is 0 Å². The summed E-state index contributed by atoms with van der Waals surface area (Å²) in [7, 11) is 0. The summed E-state index contributed by atoms with van der Waals surface area (Å²) in [6.07, 6.45) is 6.72. The first-order valence-corrected chi connectivity index (χ1v) is 13.0. The standard InChI is InChI=1S/C30H36N2O4/c1-3-34-29(33)20-13-22(2)32-36-30(24-10-5-4-6-11-24)25-15-18-27(19-16-25)35-21-26-17-14-23-9-7-8-12-28(23)31-26/h7-9,12,14-19,24,30H,3-6,10-11,13,20-21H2,1-2H3/b32-22+. The number of hydrogen-bond acceptors (Lipinski definition) is 6. The lowest BCUT2D eigenvalue weighted by Crippen LogP contribution is -2.18. The molecule has 0 bridgehead atoms. The average molecular weight is 489 g/mol. The molecule has 1 fully saturated rings. The summed E-state index contributed by atoms with van der Waals surface area (Å²) in [5.41, 5.74) is 3.76. The molecule has 1 saturated carbocycles. The third-order valence-corrected chi connectivity index (χ3v) is 6.65. The zero-order valence-electron chi connectivity index (χ0n) is 21.3. The number of para-hydroxylation sites is 1.